The predicted octanol–water partition coefficient (Wildman–Crippen LogP) is -0.642. The Balaban J connectivity index is 0.00000288. The Hall–Kier alpha value is -1.66. The number of carbonyl (C=O) groups excluding carboxylic acids is 1. The molecule has 2 rings (SSSR count). The monoisotopic (exact) mass is 358 g/mol. The first kappa shape index (κ1) is 20.4. The fourth-order valence-corrected chi connectivity index (χ4v) is 2.82. The Morgan fingerprint density at radius 1 is 1.08 bits per heavy atom. The van der Waals surface area contributed by atoms with Crippen molar-refractivity contribution in [1.29, 1.82) is 0 Å². The zero-order chi connectivity index (χ0) is 16.8. The maximum absolute atomic E-state index is 12.4. The first-order chi connectivity index (χ1) is 11.1. The summed E-state index contributed by atoms with van der Waals surface area (Å²) in [4.78, 5) is 14.7. The predicted molar refractivity (Wildman–Crippen MR) is 86.6 cm³/mol. The Bertz CT molecular complexity index is 521. The molecule has 1 aliphatic heterocycles. The SMILES string of the molecule is COc1cc(C(=O)OC(C)CN2CCCC2)cc(OC)c1OC.[Cl-]. The molecule has 24 heavy (non-hydrogen) atoms. The Morgan fingerprint density at radius 2 is 1.62 bits per heavy atom. The molecule has 0 radical (unpaired) electrons. The number of methoxy groups -OCH3 is 3. The van der Waals surface area contributed by atoms with E-state index in [1.165, 1.54) is 34.2 Å². The highest BCUT2D eigenvalue weighted by Gasteiger charge is 2.21. The molecule has 1 saturated heterocycles. The molecule has 0 saturated carbocycles. The van der Waals surface area contributed by atoms with Crippen LogP contribution in [0.3, 0.4) is 0 Å². The number of carbonyl (C=O) groups is 1. The summed E-state index contributed by atoms with van der Waals surface area (Å²) in [5, 5.41) is 0. The molecule has 1 aliphatic rings. The van der Waals surface area contributed by atoms with Crippen molar-refractivity contribution in [1.82, 2.24) is 4.90 Å². The van der Waals surface area contributed by atoms with E-state index in [0.717, 1.165) is 19.6 Å². The van der Waals surface area contributed by atoms with Gasteiger partial charge in [0.25, 0.3) is 0 Å². The second-order valence-electron chi connectivity index (χ2n) is 5.64. The van der Waals surface area contributed by atoms with Gasteiger partial charge in [0.15, 0.2) is 11.5 Å². The van der Waals surface area contributed by atoms with Crippen LogP contribution in [0.2, 0.25) is 0 Å². The molecule has 1 fully saturated rings. The van der Waals surface area contributed by atoms with Gasteiger partial charge in [0.1, 0.15) is 6.10 Å². The summed E-state index contributed by atoms with van der Waals surface area (Å²) in [6, 6.07) is 3.21. The van der Waals surface area contributed by atoms with E-state index in [1.54, 1.807) is 12.1 Å². The van der Waals surface area contributed by atoms with Crippen molar-refractivity contribution >= 4 is 5.97 Å². The number of rotatable bonds is 7. The third kappa shape index (κ3) is 4.92. The van der Waals surface area contributed by atoms with E-state index in [0.29, 0.717) is 22.8 Å². The smallest absolute Gasteiger partial charge is 0.338 e. The van der Waals surface area contributed by atoms with Gasteiger partial charge in [-0.05, 0) is 45.0 Å². The number of halogens is 1. The van der Waals surface area contributed by atoms with Crippen molar-refractivity contribution in [2.45, 2.75) is 25.9 Å². The maximum Gasteiger partial charge on any atom is 0.338 e. The van der Waals surface area contributed by atoms with Crippen LogP contribution in [-0.4, -0.2) is 57.9 Å². The van der Waals surface area contributed by atoms with Gasteiger partial charge >= 0.3 is 5.97 Å². The van der Waals surface area contributed by atoms with Crippen LogP contribution in [0.25, 0.3) is 0 Å². The number of ether oxygens (including phenoxy) is 4. The second kappa shape index (κ2) is 9.59. The average Bonchev–Trinajstić information content (AvgIpc) is 3.05. The quantitative estimate of drug-likeness (QED) is 0.604. The first-order valence-corrected chi connectivity index (χ1v) is 7.82. The van der Waals surface area contributed by atoms with Crippen LogP contribution in [0, 0.1) is 0 Å². The number of hydrogen-bond donors (Lipinski definition) is 0. The van der Waals surface area contributed by atoms with Gasteiger partial charge in [-0.25, -0.2) is 4.79 Å². The number of esters is 1. The first-order valence-electron chi connectivity index (χ1n) is 7.82. The highest BCUT2D eigenvalue weighted by atomic mass is 35.5. The van der Waals surface area contributed by atoms with Crippen LogP contribution in [0.15, 0.2) is 12.1 Å². The number of hydrogen-bond acceptors (Lipinski definition) is 6. The Labute approximate surface area is 149 Å². The lowest BCUT2D eigenvalue weighted by Gasteiger charge is -2.21. The van der Waals surface area contributed by atoms with Crippen LogP contribution < -0.4 is 26.6 Å². The van der Waals surface area contributed by atoms with E-state index >= 15 is 0 Å². The van der Waals surface area contributed by atoms with Crippen molar-refractivity contribution in [3.8, 4) is 17.2 Å². The molecule has 0 bridgehead atoms. The van der Waals surface area contributed by atoms with Gasteiger partial charge in [-0.1, -0.05) is 0 Å². The molecular weight excluding hydrogens is 334 g/mol. The molecule has 0 aromatic heterocycles. The molecule has 0 amide bonds. The van der Waals surface area contributed by atoms with Crippen molar-refractivity contribution in [3.05, 3.63) is 17.7 Å². The Kier molecular flexibility index (Phi) is 8.15. The largest absolute Gasteiger partial charge is 1.00 e. The fraction of sp³-hybridized carbons (Fsp3) is 0.588. The van der Waals surface area contributed by atoms with E-state index < -0.39 is 5.97 Å². The molecule has 136 valence electrons. The van der Waals surface area contributed by atoms with Gasteiger partial charge in [-0.15, -0.1) is 0 Å². The van der Waals surface area contributed by atoms with Gasteiger partial charge in [-0.3, -0.25) is 4.90 Å². The summed E-state index contributed by atoms with van der Waals surface area (Å²) in [5.74, 6) is 0.935. The molecule has 0 N–H and O–H groups in total. The van der Waals surface area contributed by atoms with Crippen molar-refractivity contribution < 1.29 is 36.1 Å². The summed E-state index contributed by atoms with van der Waals surface area (Å²) >= 11 is 0. The highest BCUT2D eigenvalue weighted by molar-refractivity contribution is 5.91. The minimum atomic E-state index is -0.393. The second-order valence-corrected chi connectivity index (χ2v) is 5.64. The molecule has 1 unspecified atom stereocenters. The third-order valence-electron chi connectivity index (χ3n) is 3.92. The van der Waals surface area contributed by atoms with E-state index in [2.05, 4.69) is 4.90 Å². The molecule has 1 atom stereocenters. The number of benzene rings is 1. The summed E-state index contributed by atoms with van der Waals surface area (Å²) in [6.07, 6.45) is 2.26. The molecule has 0 spiro atoms. The molecule has 1 aromatic carbocycles. The lowest BCUT2D eigenvalue weighted by molar-refractivity contribution is -0.0000409. The number of nitrogens with zero attached hydrogens (tertiary/aromatic N) is 1. The standard InChI is InChI=1S/C17H25NO5.ClH/c1-12(11-18-7-5-6-8-18)23-17(19)13-9-14(20-2)16(22-4)15(10-13)21-3;/h9-10,12H,5-8,11H2,1-4H3;1H/p-1. The van der Waals surface area contributed by atoms with E-state index in [-0.39, 0.29) is 18.5 Å². The maximum atomic E-state index is 12.4. The van der Waals surface area contributed by atoms with Gasteiger partial charge in [0.05, 0.1) is 26.9 Å². The topological polar surface area (TPSA) is 57.2 Å². The van der Waals surface area contributed by atoms with E-state index in [1.807, 2.05) is 6.92 Å². The van der Waals surface area contributed by atoms with Crippen LogP contribution in [0.4, 0.5) is 0 Å². The van der Waals surface area contributed by atoms with Crippen LogP contribution >= 0.6 is 0 Å². The van der Waals surface area contributed by atoms with Crippen LogP contribution in [0.1, 0.15) is 30.1 Å². The van der Waals surface area contributed by atoms with Crippen molar-refractivity contribution in [3.63, 3.8) is 0 Å². The molecule has 0 aliphatic carbocycles. The summed E-state index contributed by atoms with van der Waals surface area (Å²) in [7, 11) is 4.56. The van der Waals surface area contributed by atoms with E-state index in [9.17, 15) is 4.79 Å². The van der Waals surface area contributed by atoms with Gasteiger partial charge < -0.3 is 31.4 Å². The minimum Gasteiger partial charge on any atom is -1.00 e. The van der Waals surface area contributed by atoms with Gasteiger partial charge in [0, 0.05) is 6.54 Å². The minimum absolute atomic E-state index is 0. The van der Waals surface area contributed by atoms with E-state index in [4.69, 9.17) is 18.9 Å². The summed E-state index contributed by atoms with van der Waals surface area (Å²) in [6.45, 7) is 4.82. The lowest BCUT2D eigenvalue weighted by atomic mass is 10.2. The zero-order valence-electron chi connectivity index (χ0n) is 14.6. The van der Waals surface area contributed by atoms with Crippen molar-refractivity contribution in [2.75, 3.05) is 41.0 Å². The number of likely N-dealkylation sites (tertiary alicyclic amines) is 1. The highest BCUT2D eigenvalue weighted by Crippen LogP contribution is 2.38. The normalized spacial score (nSPS) is 15.3. The van der Waals surface area contributed by atoms with Crippen LogP contribution in [0.5, 0.6) is 17.2 Å². The van der Waals surface area contributed by atoms with Crippen LogP contribution in [-0.2, 0) is 4.74 Å². The molecule has 6 nitrogen and oxygen atoms in total. The Morgan fingerprint density at radius 3 is 2.08 bits per heavy atom. The molecule has 7 heteroatoms. The van der Waals surface area contributed by atoms with Gasteiger partial charge in [-0.2, -0.15) is 0 Å². The summed E-state index contributed by atoms with van der Waals surface area (Å²) < 4.78 is 21.3. The molecule has 1 aromatic rings. The van der Waals surface area contributed by atoms with Gasteiger partial charge in [0.2, 0.25) is 5.75 Å². The molecular formula is C17H25ClNO5-. The summed E-state index contributed by atoms with van der Waals surface area (Å²) in [5.41, 5.74) is 0.382. The lowest BCUT2D eigenvalue weighted by Crippen LogP contribution is -3.00. The fourth-order valence-electron chi connectivity index (χ4n) is 2.82. The third-order valence-corrected chi connectivity index (χ3v) is 3.92. The average molecular weight is 359 g/mol. The molecule has 1 heterocycles. The van der Waals surface area contributed by atoms with Crippen molar-refractivity contribution in [2.24, 2.45) is 0 Å². The zero-order valence-corrected chi connectivity index (χ0v) is 15.4.